The van der Waals surface area contributed by atoms with Crippen LogP contribution in [-0.2, 0) is 10.3 Å². The van der Waals surface area contributed by atoms with Crippen LogP contribution in [0.3, 0.4) is 0 Å². The van der Waals surface area contributed by atoms with Crippen LogP contribution < -0.4 is 4.72 Å². The fourth-order valence-electron chi connectivity index (χ4n) is 0.377. The van der Waals surface area contributed by atoms with Gasteiger partial charge in [0.15, 0.2) is 0 Å². The Balaban J connectivity index is 0.000001000. The molecular formula is C2H5N4NaO3S. The topological polar surface area (TPSA) is 108 Å². The Morgan fingerprint density at radius 1 is 1.64 bits per heavy atom. The Hall–Kier alpha value is -0.150. The Labute approximate surface area is 84.8 Å². The van der Waals surface area contributed by atoms with Gasteiger partial charge in [-0.2, -0.15) is 18.5 Å². The van der Waals surface area contributed by atoms with Crippen molar-refractivity contribution in [3.05, 3.63) is 6.33 Å². The molecule has 0 bridgehead atoms. The number of anilines is 1. The summed E-state index contributed by atoms with van der Waals surface area (Å²) in [6, 6.07) is 0. The van der Waals surface area contributed by atoms with Crippen molar-refractivity contribution in [2.45, 2.75) is 0 Å². The van der Waals surface area contributed by atoms with E-state index in [-0.39, 0.29) is 35.5 Å². The molecule has 9 heteroatoms. The molecule has 0 aromatic carbocycles. The zero-order chi connectivity index (χ0) is 7.61. The van der Waals surface area contributed by atoms with Crippen LogP contribution in [0.1, 0.15) is 0 Å². The van der Waals surface area contributed by atoms with Gasteiger partial charge in [0.05, 0.1) is 0 Å². The van der Waals surface area contributed by atoms with Crippen LogP contribution in [0.5, 0.6) is 0 Å². The van der Waals surface area contributed by atoms with Gasteiger partial charge in [0.1, 0.15) is 6.33 Å². The van der Waals surface area contributed by atoms with Crippen molar-refractivity contribution >= 4 is 45.8 Å². The first kappa shape index (κ1) is 10.8. The first-order chi connectivity index (χ1) is 4.58. The fourth-order valence-corrected chi connectivity index (χ4v) is 0.720. The van der Waals surface area contributed by atoms with Crippen LogP contribution in [0.15, 0.2) is 6.33 Å². The molecule has 0 aliphatic heterocycles. The number of nitrogens with zero attached hydrogens (tertiary/aromatic N) is 2. The number of rotatable bonds is 2. The van der Waals surface area contributed by atoms with Gasteiger partial charge in [-0.1, -0.05) is 0 Å². The average molecular weight is 188 g/mol. The summed E-state index contributed by atoms with van der Waals surface area (Å²) >= 11 is 0. The third-order valence-electron chi connectivity index (χ3n) is 0.641. The average Bonchev–Trinajstić information content (AvgIpc) is 2.12. The Morgan fingerprint density at radius 3 is 2.64 bits per heavy atom. The maximum absolute atomic E-state index is 10.1. The fraction of sp³-hybridized carbons (Fsp3) is 0. The molecule has 0 radical (unpaired) electrons. The first-order valence-corrected chi connectivity index (χ1v) is 3.62. The molecule has 0 atom stereocenters. The number of aromatic amines is 1. The van der Waals surface area contributed by atoms with Crippen molar-refractivity contribution in [2.75, 3.05) is 4.72 Å². The molecule has 1 rings (SSSR count). The summed E-state index contributed by atoms with van der Waals surface area (Å²) in [6.07, 6.45) is 1.10. The Bertz CT molecular complexity index is 293. The molecule has 1 heterocycles. The molecule has 11 heavy (non-hydrogen) atoms. The number of H-pyrrole nitrogens is 1. The summed E-state index contributed by atoms with van der Waals surface area (Å²) in [5, 5.41) is 5.51. The Kier molecular flexibility index (Phi) is 3.97. The van der Waals surface area contributed by atoms with E-state index >= 15 is 0 Å². The molecular weight excluding hydrogens is 183 g/mol. The van der Waals surface area contributed by atoms with Gasteiger partial charge in [-0.05, 0) is 0 Å². The van der Waals surface area contributed by atoms with E-state index in [9.17, 15) is 8.42 Å². The monoisotopic (exact) mass is 188 g/mol. The zero-order valence-electron chi connectivity index (χ0n) is 4.64. The third kappa shape index (κ3) is 4.32. The molecule has 0 aliphatic carbocycles. The van der Waals surface area contributed by atoms with Crippen molar-refractivity contribution in [3.8, 4) is 0 Å². The molecule has 0 saturated heterocycles. The van der Waals surface area contributed by atoms with Crippen molar-refractivity contribution < 1.29 is 13.0 Å². The van der Waals surface area contributed by atoms with Crippen molar-refractivity contribution in [1.29, 1.82) is 0 Å². The molecule has 0 saturated carbocycles. The molecule has 1 aromatic rings. The second-order valence-corrected chi connectivity index (χ2v) is 2.57. The van der Waals surface area contributed by atoms with Gasteiger partial charge in [-0.25, -0.2) is 9.82 Å². The van der Waals surface area contributed by atoms with E-state index in [0.717, 1.165) is 6.33 Å². The minimum absolute atomic E-state index is 0. The SMILES string of the molecule is O=S(=O)(O)Nc1ncn[nH]1.[NaH]. The van der Waals surface area contributed by atoms with Gasteiger partial charge >= 0.3 is 39.9 Å². The van der Waals surface area contributed by atoms with E-state index in [1.54, 1.807) is 4.72 Å². The van der Waals surface area contributed by atoms with Crippen LogP contribution >= 0.6 is 0 Å². The summed E-state index contributed by atoms with van der Waals surface area (Å²) in [5.41, 5.74) is 0. The maximum atomic E-state index is 10.1. The predicted molar refractivity (Wildman–Crippen MR) is 38.7 cm³/mol. The molecule has 0 fully saturated rings. The molecule has 0 amide bonds. The van der Waals surface area contributed by atoms with Crippen molar-refractivity contribution in [1.82, 2.24) is 15.2 Å². The quantitative estimate of drug-likeness (QED) is 0.381. The van der Waals surface area contributed by atoms with E-state index in [4.69, 9.17) is 4.55 Å². The third-order valence-corrected chi connectivity index (χ3v) is 1.09. The molecule has 0 unspecified atom stereocenters. The number of aromatic nitrogens is 3. The zero-order valence-corrected chi connectivity index (χ0v) is 5.46. The minimum atomic E-state index is -4.23. The predicted octanol–water partition coefficient (Wildman–Crippen LogP) is -1.63. The van der Waals surface area contributed by atoms with Crippen LogP contribution in [-0.4, -0.2) is 57.7 Å². The van der Waals surface area contributed by atoms with E-state index in [1.165, 1.54) is 0 Å². The summed E-state index contributed by atoms with van der Waals surface area (Å²) < 4.78 is 29.9. The Morgan fingerprint density at radius 2 is 2.27 bits per heavy atom. The van der Waals surface area contributed by atoms with Gasteiger partial charge in [0.2, 0.25) is 5.95 Å². The normalized spacial score (nSPS) is 10.3. The van der Waals surface area contributed by atoms with Gasteiger partial charge in [0, 0.05) is 0 Å². The van der Waals surface area contributed by atoms with Crippen LogP contribution in [0.4, 0.5) is 5.95 Å². The number of hydrogen-bond acceptors (Lipinski definition) is 4. The second kappa shape index (κ2) is 4.02. The van der Waals surface area contributed by atoms with E-state index in [0.29, 0.717) is 0 Å². The van der Waals surface area contributed by atoms with Crippen molar-refractivity contribution in [2.24, 2.45) is 0 Å². The van der Waals surface area contributed by atoms with Gasteiger partial charge in [-0.15, -0.1) is 0 Å². The molecule has 1 aromatic heterocycles. The number of nitrogens with one attached hydrogen (secondary N) is 2. The molecule has 3 N–H and O–H groups in total. The standard InChI is InChI=1S/C2H4N4O3S.Na.H/c7-10(8,9)6-2-3-1-4-5-2;;/h1H,(H,7,8,9)(H2,3,4,5,6);;. The molecule has 7 nitrogen and oxygen atoms in total. The van der Waals surface area contributed by atoms with Crippen LogP contribution in [0.2, 0.25) is 0 Å². The second-order valence-electron chi connectivity index (χ2n) is 1.41. The number of hydrogen-bond donors (Lipinski definition) is 3. The van der Waals surface area contributed by atoms with E-state index in [1.807, 2.05) is 0 Å². The van der Waals surface area contributed by atoms with Crippen LogP contribution in [0.25, 0.3) is 0 Å². The van der Waals surface area contributed by atoms with Gasteiger partial charge < -0.3 is 0 Å². The summed E-state index contributed by atoms with van der Waals surface area (Å²) in [6.45, 7) is 0. The van der Waals surface area contributed by atoms with E-state index < -0.39 is 10.3 Å². The molecule has 58 valence electrons. The van der Waals surface area contributed by atoms with Crippen LogP contribution in [0, 0.1) is 0 Å². The molecule has 0 aliphatic rings. The van der Waals surface area contributed by atoms with Gasteiger partial charge in [0.25, 0.3) is 0 Å². The first-order valence-electron chi connectivity index (χ1n) is 2.18. The summed E-state index contributed by atoms with van der Waals surface area (Å²) in [7, 11) is -4.23. The summed E-state index contributed by atoms with van der Waals surface area (Å²) in [4.78, 5) is 3.38. The van der Waals surface area contributed by atoms with Gasteiger partial charge in [-0.3, -0.25) is 4.55 Å². The van der Waals surface area contributed by atoms with E-state index in [2.05, 4.69) is 15.2 Å². The van der Waals surface area contributed by atoms with Crippen molar-refractivity contribution in [3.63, 3.8) is 0 Å². The summed E-state index contributed by atoms with van der Waals surface area (Å²) in [5.74, 6) is -0.123. The molecule has 0 spiro atoms.